The molecule has 0 aliphatic carbocycles. The van der Waals surface area contributed by atoms with Crippen LogP contribution in [0.3, 0.4) is 0 Å². The van der Waals surface area contributed by atoms with Gasteiger partial charge in [-0.25, -0.2) is 4.68 Å². The summed E-state index contributed by atoms with van der Waals surface area (Å²) in [5.41, 5.74) is 2.37. The van der Waals surface area contributed by atoms with Crippen molar-refractivity contribution < 1.29 is 14.2 Å². The molecule has 4 heterocycles. The molecule has 0 spiro atoms. The van der Waals surface area contributed by atoms with E-state index in [9.17, 15) is 4.79 Å². The highest BCUT2D eigenvalue weighted by molar-refractivity contribution is 5.80. The number of aromatic nitrogens is 5. The van der Waals surface area contributed by atoms with Gasteiger partial charge in [0.15, 0.2) is 5.82 Å². The molecule has 6 rings (SSSR count). The molecule has 2 aliphatic rings. The van der Waals surface area contributed by atoms with Gasteiger partial charge in [-0.2, -0.15) is 0 Å². The molecule has 2 aromatic carbocycles. The first-order valence-electron chi connectivity index (χ1n) is 13.9. The van der Waals surface area contributed by atoms with Crippen LogP contribution in [-0.4, -0.2) is 82.7 Å². The van der Waals surface area contributed by atoms with E-state index in [0.29, 0.717) is 24.5 Å². The molecule has 11 heteroatoms. The molecule has 0 unspecified atom stereocenters. The van der Waals surface area contributed by atoms with Gasteiger partial charge in [-0.3, -0.25) is 9.69 Å². The highest BCUT2D eigenvalue weighted by Gasteiger charge is 2.33. The zero-order valence-corrected chi connectivity index (χ0v) is 23.0. The van der Waals surface area contributed by atoms with Crippen molar-refractivity contribution in [1.82, 2.24) is 30.1 Å². The van der Waals surface area contributed by atoms with Crippen molar-refractivity contribution in [2.75, 3.05) is 51.4 Å². The van der Waals surface area contributed by atoms with Gasteiger partial charge < -0.3 is 24.1 Å². The lowest BCUT2D eigenvalue weighted by Crippen LogP contribution is -2.49. The Morgan fingerprint density at radius 1 is 1.07 bits per heavy atom. The Kier molecular flexibility index (Phi) is 7.65. The second-order valence-corrected chi connectivity index (χ2v) is 10.2. The third-order valence-corrected chi connectivity index (χ3v) is 7.77. The van der Waals surface area contributed by atoms with Crippen LogP contribution < -0.4 is 19.9 Å². The molecule has 4 aromatic rings. The first kappa shape index (κ1) is 26.3. The van der Waals surface area contributed by atoms with Crippen LogP contribution in [0.2, 0.25) is 0 Å². The molecule has 11 nitrogen and oxygen atoms in total. The van der Waals surface area contributed by atoms with E-state index < -0.39 is 6.04 Å². The van der Waals surface area contributed by atoms with E-state index in [1.54, 1.807) is 7.11 Å². The smallest absolute Gasteiger partial charge is 0.253 e. The fourth-order valence-corrected chi connectivity index (χ4v) is 5.71. The van der Waals surface area contributed by atoms with Gasteiger partial charge in [0.1, 0.15) is 17.5 Å². The Hall–Kier alpha value is -3.96. The first-order valence-corrected chi connectivity index (χ1v) is 13.9. The Balaban J connectivity index is 1.34. The number of anilines is 1. The van der Waals surface area contributed by atoms with E-state index in [-0.39, 0.29) is 11.7 Å². The average molecular weight is 546 g/mol. The number of ether oxygens (including phenoxy) is 3. The molecule has 2 aliphatic heterocycles. The number of nitrogens with zero attached hydrogens (tertiary/aromatic N) is 6. The Morgan fingerprint density at radius 3 is 2.60 bits per heavy atom. The lowest BCUT2D eigenvalue weighted by molar-refractivity contribution is 0.0906. The number of tetrazole rings is 1. The van der Waals surface area contributed by atoms with Crippen molar-refractivity contribution in [3.8, 4) is 11.5 Å². The monoisotopic (exact) mass is 545 g/mol. The van der Waals surface area contributed by atoms with Crippen LogP contribution in [0.25, 0.3) is 10.9 Å². The summed E-state index contributed by atoms with van der Waals surface area (Å²) in [5.74, 6) is 2.25. The van der Waals surface area contributed by atoms with E-state index in [2.05, 4.69) is 42.4 Å². The van der Waals surface area contributed by atoms with Crippen molar-refractivity contribution in [2.24, 2.45) is 0 Å². The second kappa shape index (κ2) is 11.6. The third kappa shape index (κ3) is 5.39. The number of hydrogen-bond donors (Lipinski definition) is 1. The number of fused-ring (bicyclic) bond motifs is 1. The summed E-state index contributed by atoms with van der Waals surface area (Å²) in [7, 11) is 1.67. The van der Waals surface area contributed by atoms with Crippen molar-refractivity contribution >= 4 is 16.6 Å². The summed E-state index contributed by atoms with van der Waals surface area (Å²) in [6, 6.07) is 15.4. The van der Waals surface area contributed by atoms with Crippen molar-refractivity contribution in [1.29, 1.82) is 0 Å². The molecule has 0 amide bonds. The minimum Gasteiger partial charge on any atom is -0.497 e. The predicted octanol–water partition coefficient (Wildman–Crippen LogP) is 3.01. The van der Waals surface area contributed by atoms with Crippen LogP contribution in [0.5, 0.6) is 11.5 Å². The highest BCUT2D eigenvalue weighted by atomic mass is 16.5. The molecule has 0 bridgehead atoms. The minimum atomic E-state index is -0.418. The van der Waals surface area contributed by atoms with E-state index >= 15 is 0 Å². The Labute approximate surface area is 232 Å². The van der Waals surface area contributed by atoms with Crippen molar-refractivity contribution in [3.05, 3.63) is 70.3 Å². The summed E-state index contributed by atoms with van der Waals surface area (Å²) < 4.78 is 18.7. The topological polar surface area (TPSA) is 111 Å². The molecule has 0 saturated carbocycles. The molecule has 2 saturated heterocycles. The van der Waals surface area contributed by atoms with Crippen molar-refractivity contribution in [2.45, 2.75) is 38.5 Å². The van der Waals surface area contributed by atoms with Gasteiger partial charge in [-0.05, 0) is 78.7 Å². The lowest BCUT2D eigenvalue weighted by atomic mass is 10.0. The van der Waals surface area contributed by atoms with Gasteiger partial charge in [-0.15, -0.1) is 5.10 Å². The number of benzene rings is 2. The van der Waals surface area contributed by atoms with Gasteiger partial charge in [0, 0.05) is 54.9 Å². The lowest BCUT2D eigenvalue weighted by Gasteiger charge is -2.39. The number of rotatable bonds is 9. The summed E-state index contributed by atoms with van der Waals surface area (Å²) in [6.07, 6.45) is 2.07. The van der Waals surface area contributed by atoms with Gasteiger partial charge in [0.25, 0.3) is 5.56 Å². The van der Waals surface area contributed by atoms with Gasteiger partial charge in [-0.1, -0.05) is 0 Å². The van der Waals surface area contributed by atoms with Gasteiger partial charge >= 0.3 is 0 Å². The zero-order valence-electron chi connectivity index (χ0n) is 23.0. The van der Waals surface area contributed by atoms with Crippen LogP contribution in [0.15, 0.2) is 53.3 Å². The number of methoxy groups -OCH3 is 1. The average Bonchev–Trinajstić information content (AvgIpc) is 3.67. The zero-order chi connectivity index (χ0) is 27.5. The van der Waals surface area contributed by atoms with Gasteiger partial charge in [0.05, 0.1) is 26.4 Å². The van der Waals surface area contributed by atoms with Crippen molar-refractivity contribution in [3.63, 3.8) is 0 Å². The standard InChI is InChI=1S/C29H35N7O4/c1-3-39-23-10-11-26-20(17-23)18-25(29(37)30-26)27(28-31-32-33-36(28)19-24-5-4-16-40-24)35-14-12-34(13-15-35)21-6-8-22(38-2)9-7-21/h6-11,17-18,24,27H,3-5,12-16,19H2,1-2H3,(H,30,37)/t24-,27-/m0/s1. The number of piperazine rings is 1. The van der Waals surface area contributed by atoms with E-state index in [1.165, 1.54) is 0 Å². The second-order valence-electron chi connectivity index (χ2n) is 10.2. The molecule has 0 radical (unpaired) electrons. The van der Waals surface area contributed by atoms with Crippen LogP contribution in [-0.2, 0) is 11.3 Å². The maximum Gasteiger partial charge on any atom is 0.253 e. The Morgan fingerprint density at radius 2 is 1.88 bits per heavy atom. The molecule has 2 aromatic heterocycles. The maximum absolute atomic E-state index is 13.6. The largest absolute Gasteiger partial charge is 0.497 e. The quantitative estimate of drug-likeness (QED) is 0.339. The summed E-state index contributed by atoms with van der Waals surface area (Å²) >= 11 is 0. The summed E-state index contributed by atoms with van der Waals surface area (Å²) in [4.78, 5) is 21.3. The van der Waals surface area contributed by atoms with Crippen LogP contribution in [0, 0.1) is 0 Å². The normalized spacial score (nSPS) is 18.8. The molecule has 1 N–H and O–H groups in total. The number of aromatic amines is 1. The number of nitrogens with one attached hydrogen (secondary N) is 1. The van der Waals surface area contributed by atoms with Crippen LogP contribution in [0.4, 0.5) is 5.69 Å². The Bertz CT molecular complexity index is 1490. The number of pyridine rings is 1. The van der Waals surface area contributed by atoms with Crippen LogP contribution >= 0.6 is 0 Å². The van der Waals surface area contributed by atoms with Crippen LogP contribution in [0.1, 0.15) is 37.2 Å². The van der Waals surface area contributed by atoms with E-state index in [1.807, 2.05) is 48.0 Å². The first-order chi connectivity index (χ1) is 19.6. The fraction of sp³-hybridized carbons (Fsp3) is 0.448. The summed E-state index contributed by atoms with van der Waals surface area (Å²) in [6.45, 7) is 6.92. The van der Waals surface area contributed by atoms with E-state index in [4.69, 9.17) is 14.2 Å². The highest BCUT2D eigenvalue weighted by Crippen LogP contribution is 2.30. The van der Waals surface area contributed by atoms with Gasteiger partial charge in [0.2, 0.25) is 0 Å². The third-order valence-electron chi connectivity index (χ3n) is 7.77. The molecular formula is C29H35N7O4. The fourth-order valence-electron chi connectivity index (χ4n) is 5.71. The summed E-state index contributed by atoms with van der Waals surface area (Å²) in [5, 5.41) is 13.7. The molecule has 2 fully saturated rings. The van der Waals surface area contributed by atoms with E-state index in [0.717, 1.165) is 73.7 Å². The predicted molar refractivity (Wildman–Crippen MR) is 151 cm³/mol. The molecule has 2 atom stereocenters. The number of hydrogen-bond acceptors (Lipinski definition) is 9. The maximum atomic E-state index is 13.6. The molecular weight excluding hydrogens is 510 g/mol. The molecule has 210 valence electrons. The molecule has 40 heavy (non-hydrogen) atoms. The minimum absolute atomic E-state index is 0.0680. The SMILES string of the molecule is CCOc1ccc2[nH]c(=O)c([C@@H](c3nnnn3C[C@@H]3CCCO3)N3CCN(c4ccc(OC)cc4)CC3)cc2c1. The number of H-pyrrole nitrogens is 1.